The van der Waals surface area contributed by atoms with Crippen LogP contribution < -0.4 is 5.32 Å². The summed E-state index contributed by atoms with van der Waals surface area (Å²) in [5, 5.41) is 11.3. The lowest BCUT2D eigenvalue weighted by atomic mass is 10.0. The van der Waals surface area contributed by atoms with Gasteiger partial charge in [-0.2, -0.15) is 13.2 Å². The Labute approximate surface area is 149 Å². The molecule has 1 aliphatic heterocycles. The second-order valence-corrected chi connectivity index (χ2v) is 6.92. The molecule has 0 fully saturated rings. The van der Waals surface area contributed by atoms with E-state index in [-0.39, 0.29) is 24.3 Å². The molecule has 1 aliphatic rings. The first-order chi connectivity index (χ1) is 12.2. The summed E-state index contributed by atoms with van der Waals surface area (Å²) < 4.78 is 40.4. The van der Waals surface area contributed by atoms with Crippen molar-refractivity contribution >= 4 is 5.91 Å². The molecule has 1 atom stereocenters. The van der Waals surface area contributed by atoms with E-state index in [1.165, 1.54) is 12.1 Å². The van der Waals surface area contributed by atoms with Crippen molar-refractivity contribution in [2.24, 2.45) is 0 Å². The topological polar surface area (TPSA) is 59.8 Å². The zero-order chi connectivity index (χ0) is 18.9. The molecule has 2 aromatic rings. The van der Waals surface area contributed by atoms with Crippen LogP contribution in [0.5, 0.6) is 0 Å². The van der Waals surface area contributed by atoms with Crippen LogP contribution in [0.15, 0.2) is 24.3 Å². The quantitative estimate of drug-likeness (QED) is 0.905. The Bertz CT molecular complexity index is 798. The van der Waals surface area contributed by atoms with Crippen LogP contribution in [0, 0.1) is 0 Å². The number of fused-ring (bicyclic) bond motifs is 1. The standard InChI is InChI=1S/C18H21F3N4O/c1-11(2)17-24-23-15-7-6-14(10-25(15)17)22-16(26)9-12-4-3-5-13(8-12)18(19,20)21/h3-5,8,11,14H,6-7,9-10H2,1-2H3,(H,22,26). The summed E-state index contributed by atoms with van der Waals surface area (Å²) in [4.78, 5) is 12.3. The predicted octanol–water partition coefficient (Wildman–Crippen LogP) is 3.09. The number of alkyl halides is 3. The van der Waals surface area contributed by atoms with Gasteiger partial charge in [0.25, 0.3) is 0 Å². The van der Waals surface area contributed by atoms with E-state index in [1.807, 2.05) is 18.4 Å². The van der Waals surface area contributed by atoms with Gasteiger partial charge in [-0.3, -0.25) is 4.79 Å². The van der Waals surface area contributed by atoms with Crippen molar-refractivity contribution in [3.8, 4) is 0 Å². The van der Waals surface area contributed by atoms with Gasteiger partial charge in [0.05, 0.1) is 12.0 Å². The number of hydrogen-bond acceptors (Lipinski definition) is 3. The summed E-state index contributed by atoms with van der Waals surface area (Å²) in [5.41, 5.74) is -0.392. The fraction of sp³-hybridized carbons (Fsp3) is 0.500. The molecule has 8 heteroatoms. The highest BCUT2D eigenvalue weighted by Crippen LogP contribution is 2.29. The van der Waals surface area contributed by atoms with Gasteiger partial charge >= 0.3 is 6.18 Å². The Kier molecular flexibility index (Phi) is 5.02. The van der Waals surface area contributed by atoms with E-state index >= 15 is 0 Å². The SMILES string of the molecule is CC(C)c1nnc2n1CC(NC(=O)Cc1cccc(C(F)(F)F)c1)CC2. The van der Waals surface area contributed by atoms with E-state index in [2.05, 4.69) is 15.5 Å². The summed E-state index contributed by atoms with van der Waals surface area (Å²) in [6.07, 6.45) is -3.03. The fourth-order valence-electron chi connectivity index (χ4n) is 3.21. The molecule has 1 aromatic heterocycles. The number of carbonyl (C=O) groups is 1. The van der Waals surface area contributed by atoms with Gasteiger partial charge in [-0.05, 0) is 18.1 Å². The molecule has 2 heterocycles. The van der Waals surface area contributed by atoms with Crippen molar-refractivity contribution in [2.45, 2.75) is 57.8 Å². The Balaban J connectivity index is 1.63. The summed E-state index contributed by atoms with van der Waals surface area (Å²) in [7, 11) is 0. The van der Waals surface area contributed by atoms with E-state index in [9.17, 15) is 18.0 Å². The molecule has 0 bridgehead atoms. The smallest absolute Gasteiger partial charge is 0.351 e. The average Bonchev–Trinajstić information content (AvgIpc) is 2.97. The average molecular weight is 366 g/mol. The second-order valence-electron chi connectivity index (χ2n) is 6.92. The van der Waals surface area contributed by atoms with Gasteiger partial charge in [-0.15, -0.1) is 10.2 Å². The Morgan fingerprint density at radius 1 is 1.35 bits per heavy atom. The van der Waals surface area contributed by atoms with Crippen molar-refractivity contribution in [1.82, 2.24) is 20.1 Å². The number of aromatic nitrogens is 3. The van der Waals surface area contributed by atoms with Crippen LogP contribution in [0.1, 0.15) is 49.0 Å². The maximum atomic E-state index is 12.8. The minimum Gasteiger partial charge on any atom is -0.351 e. The van der Waals surface area contributed by atoms with E-state index in [1.54, 1.807) is 0 Å². The van der Waals surface area contributed by atoms with E-state index in [4.69, 9.17) is 0 Å². The lowest BCUT2D eigenvalue weighted by molar-refractivity contribution is -0.137. The fourth-order valence-corrected chi connectivity index (χ4v) is 3.21. The van der Waals surface area contributed by atoms with Crippen LogP contribution in [0.25, 0.3) is 0 Å². The van der Waals surface area contributed by atoms with Crippen LogP contribution in [-0.2, 0) is 30.4 Å². The monoisotopic (exact) mass is 366 g/mol. The zero-order valence-electron chi connectivity index (χ0n) is 14.7. The second kappa shape index (κ2) is 7.09. The van der Waals surface area contributed by atoms with Gasteiger partial charge < -0.3 is 9.88 Å². The van der Waals surface area contributed by atoms with Crippen molar-refractivity contribution in [3.05, 3.63) is 47.0 Å². The number of nitrogens with one attached hydrogen (secondary N) is 1. The first-order valence-electron chi connectivity index (χ1n) is 8.61. The highest BCUT2D eigenvalue weighted by molar-refractivity contribution is 5.78. The van der Waals surface area contributed by atoms with Crippen molar-refractivity contribution in [2.75, 3.05) is 0 Å². The molecular formula is C18H21F3N4O. The molecule has 0 radical (unpaired) electrons. The first-order valence-corrected chi connectivity index (χ1v) is 8.61. The van der Waals surface area contributed by atoms with E-state index in [0.29, 0.717) is 18.5 Å². The third-order valence-corrected chi connectivity index (χ3v) is 4.48. The molecule has 140 valence electrons. The van der Waals surface area contributed by atoms with Gasteiger partial charge in [-0.25, -0.2) is 0 Å². The molecule has 0 spiro atoms. The Morgan fingerprint density at radius 2 is 2.12 bits per heavy atom. The molecule has 0 saturated carbocycles. The molecule has 1 N–H and O–H groups in total. The number of rotatable bonds is 4. The van der Waals surface area contributed by atoms with Gasteiger partial charge in [-0.1, -0.05) is 32.0 Å². The zero-order valence-corrected chi connectivity index (χ0v) is 14.7. The van der Waals surface area contributed by atoms with Gasteiger partial charge in [0, 0.05) is 24.9 Å². The van der Waals surface area contributed by atoms with Gasteiger partial charge in [0.1, 0.15) is 11.6 Å². The highest BCUT2D eigenvalue weighted by Gasteiger charge is 2.30. The Morgan fingerprint density at radius 3 is 2.81 bits per heavy atom. The molecule has 1 unspecified atom stereocenters. The van der Waals surface area contributed by atoms with E-state index in [0.717, 1.165) is 30.2 Å². The summed E-state index contributed by atoms with van der Waals surface area (Å²) in [6, 6.07) is 4.81. The van der Waals surface area contributed by atoms with Crippen LogP contribution in [-0.4, -0.2) is 26.7 Å². The molecule has 0 saturated heterocycles. The molecule has 5 nitrogen and oxygen atoms in total. The number of benzene rings is 1. The summed E-state index contributed by atoms with van der Waals surface area (Å²) >= 11 is 0. The number of halogens is 3. The molecular weight excluding hydrogens is 345 g/mol. The molecule has 0 aliphatic carbocycles. The molecule has 3 rings (SSSR count). The number of carbonyl (C=O) groups excluding carboxylic acids is 1. The third-order valence-electron chi connectivity index (χ3n) is 4.48. The van der Waals surface area contributed by atoms with Crippen LogP contribution in [0.2, 0.25) is 0 Å². The Hall–Kier alpha value is -2.38. The summed E-state index contributed by atoms with van der Waals surface area (Å²) in [6.45, 7) is 4.66. The minimum atomic E-state index is -4.41. The number of aryl methyl sites for hydroxylation is 1. The number of hydrogen-bond donors (Lipinski definition) is 1. The molecule has 26 heavy (non-hydrogen) atoms. The van der Waals surface area contributed by atoms with Crippen molar-refractivity contribution in [3.63, 3.8) is 0 Å². The minimum absolute atomic E-state index is 0.0747. The number of amides is 1. The van der Waals surface area contributed by atoms with Crippen LogP contribution >= 0.6 is 0 Å². The molecule has 1 amide bonds. The molecule has 1 aromatic carbocycles. The van der Waals surface area contributed by atoms with Crippen molar-refractivity contribution in [1.29, 1.82) is 0 Å². The maximum Gasteiger partial charge on any atom is 0.416 e. The maximum absolute atomic E-state index is 12.8. The normalized spacial score (nSPS) is 17.2. The first kappa shape index (κ1) is 18.4. The largest absolute Gasteiger partial charge is 0.416 e. The van der Waals surface area contributed by atoms with Crippen LogP contribution in [0.4, 0.5) is 13.2 Å². The lowest BCUT2D eigenvalue weighted by Crippen LogP contribution is -2.42. The van der Waals surface area contributed by atoms with Gasteiger partial charge in [0.2, 0.25) is 5.91 Å². The van der Waals surface area contributed by atoms with Gasteiger partial charge in [0.15, 0.2) is 0 Å². The summed E-state index contributed by atoms with van der Waals surface area (Å²) in [5.74, 6) is 1.75. The third kappa shape index (κ3) is 4.05. The van der Waals surface area contributed by atoms with Crippen LogP contribution in [0.3, 0.4) is 0 Å². The lowest BCUT2D eigenvalue weighted by Gasteiger charge is -2.26. The predicted molar refractivity (Wildman–Crippen MR) is 89.5 cm³/mol. The van der Waals surface area contributed by atoms with E-state index < -0.39 is 11.7 Å². The highest BCUT2D eigenvalue weighted by atomic mass is 19.4. The number of nitrogens with zero attached hydrogens (tertiary/aromatic N) is 3. The van der Waals surface area contributed by atoms with Crippen molar-refractivity contribution < 1.29 is 18.0 Å².